The molecule has 0 aliphatic carbocycles. The predicted octanol–water partition coefficient (Wildman–Crippen LogP) is 3.53. The third-order valence-electron chi connectivity index (χ3n) is 5.23. The highest BCUT2D eigenvalue weighted by Gasteiger charge is 2.27. The van der Waals surface area contributed by atoms with Crippen LogP contribution in [0.15, 0.2) is 42.5 Å². The number of nitro groups is 1. The third kappa shape index (κ3) is 4.24. The average Bonchev–Trinajstić information content (AvgIpc) is 3.16. The summed E-state index contributed by atoms with van der Waals surface area (Å²) in [5.41, 5.74) is 3.24. The van der Waals surface area contributed by atoms with E-state index in [4.69, 9.17) is 4.74 Å². The Bertz CT molecular complexity index is 801. The second-order valence-electron chi connectivity index (χ2n) is 6.92. The van der Waals surface area contributed by atoms with Gasteiger partial charge >= 0.3 is 0 Å². The van der Waals surface area contributed by atoms with Crippen LogP contribution in [0.5, 0.6) is 5.75 Å². The van der Waals surface area contributed by atoms with Gasteiger partial charge in [-0.1, -0.05) is 30.3 Å². The van der Waals surface area contributed by atoms with Crippen molar-refractivity contribution in [1.29, 1.82) is 0 Å². The van der Waals surface area contributed by atoms with E-state index in [9.17, 15) is 10.1 Å². The lowest BCUT2D eigenvalue weighted by Crippen LogP contribution is -2.45. The van der Waals surface area contributed by atoms with E-state index in [0.717, 1.165) is 42.7 Å². The topological polar surface area (TPSA) is 76.4 Å². The average molecular weight is 390 g/mol. The summed E-state index contributed by atoms with van der Waals surface area (Å²) in [4.78, 5) is 10.9. The molecule has 2 atom stereocenters. The molecule has 27 heavy (non-hydrogen) atoms. The minimum absolute atomic E-state index is 0. The minimum Gasteiger partial charge on any atom is -0.493 e. The molecule has 2 aliphatic rings. The van der Waals surface area contributed by atoms with Crippen LogP contribution in [0.3, 0.4) is 0 Å². The van der Waals surface area contributed by atoms with Crippen LogP contribution in [0.1, 0.15) is 35.6 Å². The van der Waals surface area contributed by atoms with Gasteiger partial charge in [-0.15, -0.1) is 12.4 Å². The van der Waals surface area contributed by atoms with Crippen LogP contribution in [0, 0.1) is 10.1 Å². The zero-order valence-corrected chi connectivity index (χ0v) is 15.8. The van der Waals surface area contributed by atoms with Crippen molar-refractivity contribution in [2.24, 2.45) is 0 Å². The summed E-state index contributed by atoms with van der Waals surface area (Å²) in [6, 6.07) is 14.2. The Kier molecular flexibility index (Phi) is 6.31. The standard InChI is InChI=1S/C20H23N3O3.ClH/c24-23(25)17-11-15-8-10-26-20(15)16(12-17)13-22-18-7-4-9-21-19(18)14-5-2-1-3-6-14;/h1-3,5-6,11-12,18-19,21-22H,4,7-10,13H2;1H/t18-,19-;/m0./s1. The molecular formula is C20H24ClN3O3. The monoisotopic (exact) mass is 389 g/mol. The number of nitrogens with one attached hydrogen (secondary N) is 2. The van der Waals surface area contributed by atoms with E-state index in [1.807, 2.05) is 6.07 Å². The molecule has 2 N–H and O–H groups in total. The van der Waals surface area contributed by atoms with Crippen LogP contribution >= 0.6 is 12.4 Å². The number of non-ortho nitro benzene ring substituents is 1. The molecule has 0 aromatic heterocycles. The van der Waals surface area contributed by atoms with Crippen molar-refractivity contribution in [3.8, 4) is 5.75 Å². The lowest BCUT2D eigenvalue weighted by molar-refractivity contribution is -0.385. The summed E-state index contributed by atoms with van der Waals surface area (Å²) in [5.74, 6) is 0.822. The highest BCUT2D eigenvalue weighted by atomic mass is 35.5. The van der Waals surface area contributed by atoms with Crippen LogP contribution in [0.2, 0.25) is 0 Å². The van der Waals surface area contributed by atoms with Crippen molar-refractivity contribution in [2.75, 3.05) is 13.2 Å². The van der Waals surface area contributed by atoms with E-state index < -0.39 is 0 Å². The number of ether oxygens (including phenoxy) is 1. The third-order valence-corrected chi connectivity index (χ3v) is 5.23. The van der Waals surface area contributed by atoms with E-state index in [1.54, 1.807) is 12.1 Å². The van der Waals surface area contributed by atoms with E-state index in [-0.39, 0.29) is 35.1 Å². The smallest absolute Gasteiger partial charge is 0.270 e. The van der Waals surface area contributed by atoms with E-state index in [2.05, 4.69) is 34.9 Å². The van der Waals surface area contributed by atoms with Gasteiger partial charge in [0.25, 0.3) is 5.69 Å². The van der Waals surface area contributed by atoms with Gasteiger partial charge in [-0.25, -0.2) is 0 Å². The zero-order chi connectivity index (χ0) is 17.9. The van der Waals surface area contributed by atoms with Crippen molar-refractivity contribution in [3.63, 3.8) is 0 Å². The molecule has 4 rings (SSSR count). The summed E-state index contributed by atoms with van der Waals surface area (Å²) < 4.78 is 5.74. The molecule has 6 nitrogen and oxygen atoms in total. The van der Waals surface area contributed by atoms with Crippen molar-refractivity contribution in [1.82, 2.24) is 10.6 Å². The van der Waals surface area contributed by atoms with Gasteiger partial charge in [0.1, 0.15) is 5.75 Å². The molecule has 0 saturated carbocycles. The van der Waals surface area contributed by atoms with Gasteiger partial charge in [0.05, 0.1) is 11.5 Å². The Labute approximate surface area is 164 Å². The molecule has 7 heteroatoms. The number of rotatable bonds is 5. The first-order valence-corrected chi connectivity index (χ1v) is 9.17. The zero-order valence-electron chi connectivity index (χ0n) is 15.0. The highest BCUT2D eigenvalue weighted by Crippen LogP contribution is 2.34. The van der Waals surface area contributed by atoms with E-state index >= 15 is 0 Å². The molecule has 1 saturated heterocycles. The molecule has 0 amide bonds. The Morgan fingerprint density at radius 2 is 2.07 bits per heavy atom. The molecule has 1 fully saturated rings. The fraction of sp³-hybridized carbons (Fsp3) is 0.400. The Morgan fingerprint density at radius 1 is 1.26 bits per heavy atom. The first-order valence-electron chi connectivity index (χ1n) is 9.17. The van der Waals surface area contributed by atoms with Gasteiger partial charge in [-0.05, 0) is 24.9 Å². The Balaban J connectivity index is 0.00000210. The molecule has 0 unspecified atom stereocenters. The number of piperidine rings is 1. The maximum Gasteiger partial charge on any atom is 0.270 e. The van der Waals surface area contributed by atoms with Crippen LogP contribution < -0.4 is 15.4 Å². The number of nitrogens with zero attached hydrogens (tertiary/aromatic N) is 1. The summed E-state index contributed by atoms with van der Waals surface area (Å²) in [6.45, 7) is 2.17. The number of fused-ring (bicyclic) bond motifs is 1. The van der Waals surface area contributed by atoms with Gasteiger partial charge in [0.15, 0.2) is 0 Å². The molecule has 2 aliphatic heterocycles. The fourth-order valence-corrected chi connectivity index (χ4v) is 3.97. The van der Waals surface area contributed by atoms with Crippen LogP contribution in [0.4, 0.5) is 5.69 Å². The molecule has 2 aromatic rings. The summed E-state index contributed by atoms with van der Waals surface area (Å²) in [5, 5.41) is 18.4. The maximum absolute atomic E-state index is 11.2. The Morgan fingerprint density at radius 3 is 2.85 bits per heavy atom. The lowest BCUT2D eigenvalue weighted by Gasteiger charge is -2.34. The van der Waals surface area contributed by atoms with Gasteiger partial charge in [0, 0.05) is 48.3 Å². The summed E-state index contributed by atoms with van der Waals surface area (Å²) in [6.07, 6.45) is 2.93. The predicted molar refractivity (Wildman–Crippen MR) is 107 cm³/mol. The normalized spacial score (nSPS) is 21.0. The fourth-order valence-electron chi connectivity index (χ4n) is 3.97. The quantitative estimate of drug-likeness (QED) is 0.604. The second-order valence-corrected chi connectivity index (χ2v) is 6.92. The maximum atomic E-state index is 11.2. The van der Waals surface area contributed by atoms with Gasteiger partial charge in [-0.3, -0.25) is 10.1 Å². The van der Waals surface area contributed by atoms with Gasteiger partial charge < -0.3 is 15.4 Å². The van der Waals surface area contributed by atoms with Crippen molar-refractivity contribution in [3.05, 3.63) is 69.3 Å². The highest BCUT2D eigenvalue weighted by molar-refractivity contribution is 5.85. The SMILES string of the molecule is Cl.O=[N+]([O-])c1cc2c(c(CN[C@H]3CCCN[C@H]3c3ccccc3)c1)OCC2. The molecule has 2 aromatic carbocycles. The number of nitro benzene ring substituents is 1. The van der Waals surface area contributed by atoms with E-state index in [0.29, 0.717) is 13.2 Å². The number of hydrogen-bond acceptors (Lipinski definition) is 5. The molecule has 2 heterocycles. The van der Waals surface area contributed by atoms with Crippen molar-refractivity contribution >= 4 is 18.1 Å². The van der Waals surface area contributed by atoms with Crippen molar-refractivity contribution < 1.29 is 9.66 Å². The van der Waals surface area contributed by atoms with Crippen LogP contribution in [-0.2, 0) is 13.0 Å². The molecule has 0 bridgehead atoms. The van der Waals surface area contributed by atoms with Crippen LogP contribution in [0.25, 0.3) is 0 Å². The second kappa shape index (κ2) is 8.69. The van der Waals surface area contributed by atoms with E-state index in [1.165, 1.54) is 5.56 Å². The van der Waals surface area contributed by atoms with Crippen LogP contribution in [-0.4, -0.2) is 24.1 Å². The first kappa shape index (κ1) is 19.6. The number of benzene rings is 2. The Hall–Kier alpha value is -2.15. The summed E-state index contributed by atoms with van der Waals surface area (Å²) in [7, 11) is 0. The summed E-state index contributed by atoms with van der Waals surface area (Å²) >= 11 is 0. The minimum atomic E-state index is -0.322. The molecule has 0 radical (unpaired) electrons. The number of halogens is 1. The van der Waals surface area contributed by atoms with Gasteiger partial charge in [-0.2, -0.15) is 0 Å². The molecular weight excluding hydrogens is 366 g/mol. The number of hydrogen-bond donors (Lipinski definition) is 2. The molecule has 144 valence electrons. The van der Waals surface area contributed by atoms with Crippen molar-refractivity contribution in [2.45, 2.75) is 37.9 Å². The largest absolute Gasteiger partial charge is 0.493 e. The molecule has 0 spiro atoms. The lowest BCUT2D eigenvalue weighted by atomic mass is 9.92. The van der Waals surface area contributed by atoms with Gasteiger partial charge in [0.2, 0.25) is 0 Å². The first-order chi connectivity index (χ1) is 12.7.